The number of carbonyl (C=O) groups is 1. The highest BCUT2D eigenvalue weighted by molar-refractivity contribution is 7.20. The van der Waals surface area contributed by atoms with Crippen molar-refractivity contribution in [3.8, 4) is 5.13 Å². The molecule has 1 aromatic carbocycles. The van der Waals surface area contributed by atoms with E-state index in [1.54, 1.807) is 28.2 Å². The zero-order valence-corrected chi connectivity index (χ0v) is 16.7. The summed E-state index contributed by atoms with van der Waals surface area (Å²) >= 11 is 8.72. The Morgan fingerprint density at radius 2 is 1.96 bits per heavy atom. The molecule has 0 radical (unpaired) electrons. The average Bonchev–Trinajstić information content (AvgIpc) is 3.25. The number of anilines is 1. The molecule has 4 rings (SSSR count). The van der Waals surface area contributed by atoms with Crippen molar-refractivity contribution < 1.29 is 4.79 Å². The third-order valence-corrected chi connectivity index (χ3v) is 6.08. The number of thiophene rings is 1. The number of rotatable bonds is 3. The van der Waals surface area contributed by atoms with Crippen LogP contribution >= 0.6 is 34.3 Å². The van der Waals surface area contributed by atoms with E-state index in [2.05, 4.69) is 36.4 Å². The molecule has 26 heavy (non-hydrogen) atoms. The highest BCUT2D eigenvalue weighted by atomic mass is 35.5. The Labute approximate surface area is 163 Å². The first-order valence-electron chi connectivity index (χ1n) is 7.92. The number of aryl methyl sites for hydroxylation is 3. The molecular formula is C18H15ClN4OS2. The molecule has 3 aromatic heterocycles. The number of nitrogens with zero attached hydrogens (tertiary/aromatic N) is 3. The fourth-order valence-electron chi connectivity index (χ4n) is 2.80. The maximum atomic E-state index is 12.5. The topological polar surface area (TPSA) is 59.8 Å². The lowest BCUT2D eigenvalue weighted by atomic mass is 10.1. The molecule has 0 bridgehead atoms. The molecule has 0 saturated carbocycles. The first-order valence-corrected chi connectivity index (χ1v) is 9.93. The number of carbonyl (C=O) groups excluding carboxylic acids is 1. The summed E-state index contributed by atoms with van der Waals surface area (Å²) < 4.78 is 3.37. The highest BCUT2D eigenvalue weighted by Gasteiger charge is 2.17. The van der Waals surface area contributed by atoms with Crippen molar-refractivity contribution in [2.24, 2.45) is 0 Å². The Bertz CT molecular complexity index is 1140. The molecule has 0 unspecified atom stereocenters. The summed E-state index contributed by atoms with van der Waals surface area (Å²) in [6.45, 7) is 6.01. The molecule has 0 atom stereocenters. The molecule has 0 aliphatic heterocycles. The zero-order chi connectivity index (χ0) is 18.4. The second-order valence-corrected chi connectivity index (χ2v) is 8.79. The van der Waals surface area contributed by atoms with E-state index < -0.39 is 0 Å². The van der Waals surface area contributed by atoms with Gasteiger partial charge in [0.15, 0.2) is 0 Å². The first kappa shape index (κ1) is 17.2. The van der Waals surface area contributed by atoms with Crippen molar-refractivity contribution >= 4 is 56.2 Å². The van der Waals surface area contributed by atoms with Crippen LogP contribution in [0.15, 0.2) is 30.3 Å². The van der Waals surface area contributed by atoms with Gasteiger partial charge >= 0.3 is 0 Å². The van der Waals surface area contributed by atoms with E-state index >= 15 is 0 Å². The van der Waals surface area contributed by atoms with Crippen LogP contribution in [0.1, 0.15) is 26.5 Å². The summed E-state index contributed by atoms with van der Waals surface area (Å²) in [7, 11) is 0. The van der Waals surface area contributed by atoms with E-state index in [4.69, 9.17) is 16.6 Å². The van der Waals surface area contributed by atoms with Crippen LogP contribution in [-0.4, -0.2) is 20.7 Å². The summed E-state index contributed by atoms with van der Waals surface area (Å²) in [6, 6.07) is 9.48. The summed E-state index contributed by atoms with van der Waals surface area (Å²) in [5.41, 5.74) is 4.10. The third kappa shape index (κ3) is 3.13. The number of fused-ring (bicyclic) bond motifs is 1. The summed E-state index contributed by atoms with van der Waals surface area (Å²) in [5.74, 6) is 0.377. The van der Waals surface area contributed by atoms with Gasteiger partial charge in [0.25, 0.3) is 5.91 Å². The quantitative estimate of drug-likeness (QED) is 0.500. The van der Waals surface area contributed by atoms with Crippen LogP contribution in [0.5, 0.6) is 0 Å². The second-order valence-electron chi connectivity index (χ2n) is 6.07. The molecule has 8 heteroatoms. The summed E-state index contributed by atoms with van der Waals surface area (Å²) in [4.78, 5) is 17.8. The van der Waals surface area contributed by atoms with Crippen LogP contribution in [0.2, 0.25) is 4.34 Å². The van der Waals surface area contributed by atoms with Gasteiger partial charge in [-0.3, -0.25) is 4.79 Å². The van der Waals surface area contributed by atoms with Gasteiger partial charge < -0.3 is 5.32 Å². The zero-order valence-electron chi connectivity index (χ0n) is 14.3. The normalized spacial score (nSPS) is 11.2. The lowest BCUT2D eigenvalue weighted by Gasteiger charge is -2.05. The fourth-order valence-corrected chi connectivity index (χ4v) is 4.84. The average molecular weight is 403 g/mol. The Morgan fingerprint density at radius 3 is 2.69 bits per heavy atom. The van der Waals surface area contributed by atoms with Gasteiger partial charge in [0.1, 0.15) is 5.82 Å². The smallest absolute Gasteiger partial charge is 0.266 e. The van der Waals surface area contributed by atoms with Gasteiger partial charge in [-0.1, -0.05) is 29.0 Å². The SMILES string of the molecule is Cc1cc(C)c2nc(-n3nc(C)cc3NC(=O)c3ccc(Cl)s3)sc2c1. The molecule has 4 aromatic rings. The summed E-state index contributed by atoms with van der Waals surface area (Å²) in [5, 5.41) is 8.14. The standard InChI is InChI=1S/C18H15ClN4OS2/c1-9-6-10(2)16-13(7-9)26-18(21-16)23-15(8-11(3)22-23)20-17(24)12-4-5-14(19)25-12/h4-8H,1-3H3,(H,20,24). The van der Waals surface area contributed by atoms with Crippen LogP contribution in [-0.2, 0) is 0 Å². The third-order valence-electron chi connectivity index (χ3n) is 3.87. The van der Waals surface area contributed by atoms with E-state index in [1.165, 1.54) is 16.9 Å². The van der Waals surface area contributed by atoms with Crippen LogP contribution in [0.3, 0.4) is 0 Å². The molecule has 1 N–H and O–H groups in total. The Morgan fingerprint density at radius 1 is 1.15 bits per heavy atom. The number of nitrogens with one attached hydrogen (secondary N) is 1. The minimum absolute atomic E-state index is 0.212. The number of hydrogen-bond acceptors (Lipinski definition) is 5. The molecule has 0 aliphatic carbocycles. The predicted octanol–water partition coefficient (Wildman–Crippen LogP) is 5.37. The maximum absolute atomic E-state index is 12.5. The van der Waals surface area contributed by atoms with Crippen molar-refractivity contribution in [3.05, 3.63) is 56.4 Å². The lowest BCUT2D eigenvalue weighted by molar-refractivity contribution is 0.103. The van der Waals surface area contributed by atoms with E-state index in [0.29, 0.717) is 15.0 Å². The minimum Gasteiger partial charge on any atom is -0.306 e. The van der Waals surface area contributed by atoms with Crippen molar-refractivity contribution in [2.45, 2.75) is 20.8 Å². The Kier molecular flexibility index (Phi) is 4.30. The Hall–Kier alpha value is -2.22. The van der Waals surface area contributed by atoms with E-state index in [0.717, 1.165) is 26.6 Å². The molecule has 3 heterocycles. The predicted molar refractivity (Wildman–Crippen MR) is 108 cm³/mol. The number of aromatic nitrogens is 3. The van der Waals surface area contributed by atoms with Gasteiger partial charge in [-0.25, -0.2) is 4.98 Å². The number of halogens is 1. The maximum Gasteiger partial charge on any atom is 0.266 e. The fraction of sp³-hybridized carbons (Fsp3) is 0.167. The van der Waals surface area contributed by atoms with Crippen LogP contribution in [0.4, 0.5) is 5.82 Å². The number of benzene rings is 1. The number of hydrogen-bond donors (Lipinski definition) is 1. The van der Waals surface area contributed by atoms with Gasteiger partial charge in [0.2, 0.25) is 5.13 Å². The largest absolute Gasteiger partial charge is 0.306 e. The van der Waals surface area contributed by atoms with Gasteiger partial charge in [-0.2, -0.15) is 9.78 Å². The van der Waals surface area contributed by atoms with Gasteiger partial charge in [0, 0.05) is 6.07 Å². The molecule has 1 amide bonds. The molecule has 5 nitrogen and oxygen atoms in total. The molecule has 0 fully saturated rings. The van der Waals surface area contributed by atoms with E-state index in [1.807, 2.05) is 13.0 Å². The van der Waals surface area contributed by atoms with E-state index in [9.17, 15) is 4.79 Å². The molecule has 132 valence electrons. The van der Waals surface area contributed by atoms with Gasteiger partial charge in [-0.05, 0) is 50.1 Å². The van der Waals surface area contributed by atoms with Crippen molar-refractivity contribution in [3.63, 3.8) is 0 Å². The molecule has 0 aliphatic rings. The Balaban J connectivity index is 1.74. The van der Waals surface area contributed by atoms with Gasteiger partial charge in [0.05, 0.1) is 25.1 Å². The lowest BCUT2D eigenvalue weighted by Crippen LogP contribution is -2.13. The molecule has 0 spiro atoms. The van der Waals surface area contributed by atoms with E-state index in [-0.39, 0.29) is 5.91 Å². The van der Waals surface area contributed by atoms with Crippen LogP contribution in [0, 0.1) is 20.8 Å². The first-order chi connectivity index (χ1) is 12.4. The summed E-state index contributed by atoms with van der Waals surface area (Å²) in [6.07, 6.45) is 0. The molecular weight excluding hydrogens is 388 g/mol. The van der Waals surface area contributed by atoms with Crippen LogP contribution < -0.4 is 5.32 Å². The number of amides is 1. The van der Waals surface area contributed by atoms with Crippen molar-refractivity contribution in [1.29, 1.82) is 0 Å². The minimum atomic E-state index is -0.212. The van der Waals surface area contributed by atoms with Crippen molar-refractivity contribution in [1.82, 2.24) is 14.8 Å². The second kappa shape index (κ2) is 6.50. The van der Waals surface area contributed by atoms with Crippen LogP contribution in [0.25, 0.3) is 15.3 Å². The monoisotopic (exact) mass is 402 g/mol. The van der Waals surface area contributed by atoms with Crippen molar-refractivity contribution in [2.75, 3.05) is 5.32 Å². The highest BCUT2D eigenvalue weighted by Crippen LogP contribution is 2.30. The molecule has 0 saturated heterocycles. The van der Waals surface area contributed by atoms with Gasteiger partial charge in [-0.15, -0.1) is 11.3 Å². The number of thiazole rings is 1.